The zero-order valence-corrected chi connectivity index (χ0v) is 15.6. The van der Waals surface area contributed by atoms with Crippen LogP contribution >= 0.6 is 11.6 Å². The van der Waals surface area contributed by atoms with Crippen molar-refractivity contribution < 1.29 is 9.59 Å². The molecule has 3 aromatic rings. The molecule has 4 heteroatoms. The summed E-state index contributed by atoms with van der Waals surface area (Å²) in [5, 5.41) is 0.516. The fourth-order valence-corrected chi connectivity index (χ4v) is 5.73. The average molecular weight is 386 g/mol. The zero-order chi connectivity index (χ0) is 19.0. The molecular formula is C24H16ClNO2. The van der Waals surface area contributed by atoms with Gasteiger partial charge in [-0.25, -0.2) is 4.90 Å². The molecule has 2 bridgehead atoms. The van der Waals surface area contributed by atoms with E-state index in [1.54, 1.807) is 24.3 Å². The van der Waals surface area contributed by atoms with Gasteiger partial charge in [0, 0.05) is 16.9 Å². The van der Waals surface area contributed by atoms with Crippen LogP contribution in [0.15, 0.2) is 72.8 Å². The molecule has 0 aromatic heterocycles. The Labute approximate surface area is 167 Å². The van der Waals surface area contributed by atoms with Gasteiger partial charge >= 0.3 is 0 Å². The van der Waals surface area contributed by atoms with Gasteiger partial charge in [0.2, 0.25) is 11.8 Å². The smallest absolute Gasteiger partial charge is 0.238 e. The topological polar surface area (TPSA) is 37.4 Å². The summed E-state index contributed by atoms with van der Waals surface area (Å²) in [5.41, 5.74) is 5.29. The van der Waals surface area contributed by atoms with Crippen LogP contribution in [0.3, 0.4) is 0 Å². The summed E-state index contributed by atoms with van der Waals surface area (Å²) in [4.78, 5) is 28.4. The second-order valence-corrected chi connectivity index (χ2v) is 8.19. The predicted octanol–water partition coefficient (Wildman–Crippen LogP) is 4.74. The van der Waals surface area contributed by atoms with Gasteiger partial charge < -0.3 is 0 Å². The predicted molar refractivity (Wildman–Crippen MR) is 107 cm³/mol. The monoisotopic (exact) mass is 385 g/mol. The third-order valence-corrected chi connectivity index (χ3v) is 6.75. The lowest BCUT2D eigenvalue weighted by Crippen LogP contribution is -2.41. The fraction of sp³-hybridized carbons (Fsp3) is 0.167. The van der Waals surface area contributed by atoms with Gasteiger partial charge in [-0.3, -0.25) is 9.59 Å². The van der Waals surface area contributed by atoms with Crippen LogP contribution in [-0.4, -0.2) is 11.8 Å². The van der Waals surface area contributed by atoms with E-state index in [4.69, 9.17) is 11.6 Å². The summed E-state index contributed by atoms with van der Waals surface area (Å²) in [6, 6.07) is 23.5. The molecule has 3 nitrogen and oxygen atoms in total. The molecule has 1 fully saturated rings. The number of carbonyl (C=O) groups is 2. The third-order valence-electron chi connectivity index (χ3n) is 6.51. The van der Waals surface area contributed by atoms with E-state index in [0.717, 1.165) is 0 Å². The Kier molecular flexibility index (Phi) is 3.19. The Balaban J connectivity index is 1.58. The van der Waals surface area contributed by atoms with Gasteiger partial charge in [0.25, 0.3) is 0 Å². The highest BCUT2D eigenvalue weighted by Crippen LogP contribution is 2.61. The van der Waals surface area contributed by atoms with Gasteiger partial charge in [-0.2, -0.15) is 0 Å². The van der Waals surface area contributed by atoms with Crippen molar-refractivity contribution in [1.82, 2.24) is 0 Å². The number of nitrogens with zero attached hydrogens (tertiary/aromatic N) is 1. The summed E-state index contributed by atoms with van der Waals surface area (Å²) in [6.07, 6.45) is 0. The summed E-state index contributed by atoms with van der Waals surface area (Å²) in [5.74, 6) is -1.11. The van der Waals surface area contributed by atoms with Gasteiger partial charge in [0.15, 0.2) is 0 Å². The SMILES string of the molecule is O=C1[C@@H]2C3c4ccccc4C(c4ccccc43)[C@H]2C(=O)N1c1cccc(Cl)c1. The number of benzene rings is 3. The van der Waals surface area contributed by atoms with E-state index in [0.29, 0.717) is 10.7 Å². The second-order valence-electron chi connectivity index (χ2n) is 7.76. The number of amides is 2. The fourth-order valence-electron chi connectivity index (χ4n) is 5.55. The molecular weight excluding hydrogens is 370 g/mol. The standard InChI is InChI=1S/C24H16ClNO2/c25-13-6-5-7-14(12-13)26-23(27)21-19-15-8-1-2-9-16(15)20(22(21)24(26)28)18-11-4-3-10-17(18)19/h1-12,19-22H/t19?,20?,21-,22-/m1/s1. The zero-order valence-electron chi connectivity index (χ0n) is 14.9. The first-order chi connectivity index (χ1) is 13.7. The van der Waals surface area contributed by atoms with Crippen molar-refractivity contribution in [3.63, 3.8) is 0 Å². The van der Waals surface area contributed by atoms with Crippen LogP contribution in [0.2, 0.25) is 5.02 Å². The van der Waals surface area contributed by atoms with Crippen LogP contribution in [0, 0.1) is 11.8 Å². The Morgan fingerprint density at radius 1 is 0.643 bits per heavy atom. The lowest BCUT2D eigenvalue weighted by atomic mass is 9.55. The Hall–Kier alpha value is -2.91. The second kappa shape index (κ2) is 5.55. The van der Waals surface area contributed by atoms with Crippen LogP contribution in [0.1, 0.15) is 34.1 Å². The molecule has 136 valence electrons. The van der Waals surface area contributed by atoms with Gasteiger partial charge in [0.1, 0.15) is 0 Å². The molecule has 0 spiro atoms. The molecule has 1 heterocycles. The molecule has 2 atom stereocenters. The van der Waals surface area contributed by atoms with Crippen molar-refractivity contribution in [3.8, 4) is 0 Å². The molecule has 28 heavy (non-hydrogen) atoms. The number of halogens is 1. The lowest BCUT2D eigenvalue weighted by molar-refractivity contribution is -0.122. The van der Waals surface area contributed by atoms with Crippen molar-refractivity contribution in [1.29, 1.82) is 0 Å². The molecule has 7 rings (SSSR count). The number of hydrogen-bond acceptors (Lipinski definition) is 2. The highest BCUT2D eigenvalue weighted by molar-refractivity contribution is 6.31. The third kappa shape index (κ3) is 1.90. The van der Waals surface area contributed by atoms with E-state index in [9.17, 15) is 9.59 Å². The van der Waals surface area contributed by atoms with Crippen molar-refractivity contribution in [2.75, 3.05) is 4.90 Å². The Morgan fingerprint density at radius 3 is 1.54 bits per heavy atom. The minimum atomic E-state index is -0.360. The van der Waals surface area contributed by atoms with Gasteiger partial charge in [-0.1, -0.05) is 66.2 Å². The minimum absolute atomic E-state index is 0.0805. The summed E-state index contributed by atoms with van der Waals surface area (Å²) >= 11 is 6.14. The maximum absolute atomic E-state index is 13.5. The number of anilines is 1. The molecule has 0 unspecified atom stereocenters. The van der Waals surface area contributed by atoms with Crippen LogP contribution in [0.4, 0.5) is 5.69 Å². The number of hydrogen-bond donors (Lipinski definition) is 0. The molecule has 2 amide bonds. The van der Waals surface area contributed by atoms with Crippen LogP contribution in [0.25, 0.3) is 0 Å². The molecule has 1 aliphatic heterocycles. The van der Waals surface area contributed by atoms with Crippen molar-refractivity contribution in [3.05, 3.63) is 100 Å². The van der Waals surface area contributed by atoms with E-state index in [1.165, 1.54) is 27.2 Å². The molecule has 0 saturated carbocycles. The summed E-state index contributed by atoms with van der Waals surface area (Å²) in [6.45, 7) is 0. The first-order valence-electron chi connectivity index (χ1n) is 9.48. The maximum Gasteiger partial charge on any atom is 0.238 e. The van der Waals surface area contributed by atoms with Crippen molar-refractivity contribution in [2.24, 2.45) is 11.8 Å². The summed E-state index contributed by atoms with van der Waals surface area (Å²) in [7, 11) is 0. The average Bonchev–Trinajstić information content (AvgIpc) is 2.99. The number of rotatable bonds is 1. The van der Waals surface area contributed by atoms with Gasteiger partial charge in [-0.05, 0) is 40.5 Å². The van der Waals surface area contributed by atoms with E-state index in [1.807, 2.05) is 24.3 Å². The van der Waals surface area contributed by atoms with E-state index >= 15 is 0 Å². The van der Waals surface area contributed by atoms with E-state index in [2.05, 4.69) is 24.3 Å². The van der Waals surface area contributed by atoms with Crippen molar-refractivity contribution in [2.45, 2.75) is 11.8 Å². The van der Waals surface area contributed by atoms with Crippen LogP contribution in [0.5, 0.6) is 0 Å². The number of imide groups is 1. The molecule has 3 aromatic carbocycles. The molecule has 1 saturated heterocycles. The summed E-state index contributed by atoms with van der Waals surface area (Å²) < 4.78 is 0. The molecule has 4 aliphatic rings. The van der Waals surface area contributed by atoms with Crippen molar-refractivity contribution >= 4 is 29.1 Å². The lowest BCUT2D eigenvalue weighted by Gasteiger charge is -2.45. The molecule has 0 radical (unpaired) electrons. The van der Waals surface area contributed by atoms with Crippen LogP contribution in [-0.2, 0) is 9.59 Å². The normalized spacial score (nSPS) is 26.8. The van der Waals surface area contributed by atoms with E-state index in [-0.39, 0.29) is 35.5 Å². The first-order valence-corrected chi connectivity index (χ1v) is 9.85. The Morgan fingerprint density at radius 2 is 1.11 bits per heavy atom. The Bertz CT molecular complexity index is 1060. The first kappa shape index (κ1) is 16.1. The maximum atomic E-state index is 13.5. The molecule has 0 N–H and O–H groups in total. The minimum Gasteiger partial charge on any atom is -0.274 e. The highest BCUT2D eigenvalue weighted by atomic mass is 35.5. The van der Waals surface area contributed by atoms with E-state index < -0.39 is 0 Å². The largest absolute Gasteiger partial charge is 0.274 e. The molecule has 3 aliphatic carbocycles. The van der Waals surface area contributed by atoms with Gasteiger partial charge in [0.05, 0.1) is 17.5 Å². The van der Waals surface area contributed by atoms with Gasteiger partial charge in [-0.15, -0.1) is 0 Å². The number of carbonyl (C=O) groups excluding carboxylic acids is 2. The highest BCUT2D eigenvalue weighted by Gasteiger charge is 2.61. The quantitative estimate of drug-likeness (QED) is 0.567. The van der Waals surface area contributed by atoms with Crippen LogP contribution < -0.4 is 4.90 Å².